The largest absolute Gasteiger partial charge is 0.394 e. The molecule has 3 rings (SSSR count). The number of hydrogen-bond donors (Lipinski definition) is 12. The summed E-state index contributed by atoms with van der Waals surface area (Å²) in [5.74, 6) is -0.249. The molecule has 0 aromatic carbocycles. The third-order valence-corrected chi connectivity index (χ3v) is 14.2. The van der Waals surface area contributed by atoms with E-state index in [1.54, 1.807) is 0 Å². The van der Waals surface area contributed by atoms with Crippen LogP contribution in [-0.4, -0.2) is 193 Å². The summed E-state index contributed by atoms with van der Waals surface area (Å²) in [6.45, 7) is 1.65. The van der Waals surface area contributed by atoms with Gasteiger partial charge in [-0.3, -0.25) is 4.79 Å². The lowest BCUT2D eigenvalue weighted by molar-refractivity contribution is -0.379. The zero-order chi connectivity index (χ0) is 51.3. The molecular weight excluding hydrogens is 915 g/mol. The summed E-state index contributed by atoms with van der Waals surface area (Å²) >= 11 is 0. The van der Waals surface area contributed by atoms with Crippen LogP contribution < -0.4 is 5.32 Å². The molecule has 17 unspecified atom stereocenters. The van der Waals surface area contributed by atoms with Crippen molar-refractivity contribution in [3.8, 4) is 0 Å². The number of aliphatic hydroxyl groups excluding tert-OH is 11. The molecule has 0 aliphatic carbocycles. The average molecular weight is 1010 g/mol. The van der Waals surface area contributed by atoms with Crippen LogP contribution in [0.3, 0.4) is 0 Å². The molecule has 12 N–H and O–H groups in total. The number of rotatable bonds is 39. The maximum absolute atomic E-state index is 13.1. The first-order valence-corrected chi connectivity index (χ1v) is 27.3. The minimum atomic E-state index is -1.97. The molecule has 70 heavy (non-hydrogen) atoms. The van der Waals surface area contributed by atoms with Gasteiger partial charge in [0.05, 0.1) is 38.6 Å². The molecule has 0 saturated carbocycles. The number of ether oxygens (including phenoxy) is 6. The molecule has 1 amide bonds. The standard InChI is InChI=1S/C51H97NO18/c1-3-5-7-9-10-11-12-13-14-15-16-17-18-19-20-21-22-23-24-25-27-29-39(57)52-34(35(56)28-26-8-6-4-2)33-65-49-45(63)42(60)47(37(31-54)67-49)70-51-46(64)43(61)48(38(32-55)68-51)69-50-44(62)41(59)40(58)36(30-53)66-50/h34-38,40-51,53-56,58-64H,3-33H2,1-2H3,(H,52,57). The van der Waals surface area contributed by atoms with Crippen molar-refractivity contribution in [3.63, 3.8) is 0 Å². The summed E-state index contributed by atoms with van der Waals surface area (Å²) in [5, 5.41) is 119. The van der Waals surface area contributed by atoms with E-state index in [0.717, 1.165) is 44.9 Å². The Kier molecular flexibility index (Phi) is 33.1. The number of nitrogens with one attached hydrogen (secondary N) is 1. The van der Waals surface area contributed by atoms with Gasteiger partial charge in [-0.15, -0.1) is 0 Å². The number of unbranched alkanes of at least 4 members (excludes halogenated alkanes) is 23. The van der Waals surface area contributed by atoms with Gasteiger partial charge < -0.3 is 89.9 Å². The number of carbonyl (C=O) groups excluding carboxylic acids is 1. The van der Waals surface area contributed by atoms with Crippen LogP contribution in [0.5, 0.6) is 0 Å². The molecule has 3 saturated heterocycles. The smallest absolute Gasteiger partial charge is 0.220 e. The van der Waals surface area contributed by atoms with Crippen LogP contribution in [0.2, 0.25) is 0 Å². The molecule has 0 spiro atoms. The lowest BCUT2D eigenvalue weighted by Crippen LogP contribution is -2.66. The fraction of sp³-hybridized carbons (Fsp3) is 0.980. The number of amides is 1. The molecule has 0 aromatic heterocycles. The van der Waals surface area contributed by atoms with E-state index in [4.69, 9.17) is 28.4 Å². The van der Waals surface area contributed by atoms with Crippen molar-refractivity contribution < 1.29 is 89.4 Å². The van der Waals surface area contributed by atoms with Gasteiger partial charge in [-0.05, 0) is 12.8 Å². The molecule has 0 radical (unpaired) electrons. The van der Waals surface area contributed by atoms with E-state index < -0.39 is 124 Å². The highest BCUT2D eigenvalue weighted by molar-refractivity contribution is 5.76. The summed E-state index contributed by atoms with van der Waals surface area (Å²) in [6, 6.07) is -0.876. The van der Waals surface area contributed by atoms with Gasteiger partial charge in [-0.25, -0.2) is 0 Å². The first-order chi connectivity index (χ1) is 33.8. The maximum atomic E-state index is 13.1. The molecule has 3 aliphatic rings. The van der Waals surface area contributed by atoms with Gasteiger partial charge in [-0.2, -0.15) is 0 Å². The fourth-order valence-corrected chi connectivity index (χ4v) is 9.61. The predicted molar refractivity (Wildman–Crippen MR) is 259 cm³/mol. The summed E-state index contributed by atoms with van der Waals surface area (Å²) < 4.78 is 34.0. The van der Waals surface area contributed by atoms with Gasteiger partial charge in [0, 0.05) is 6.42 Å². The molecule has 3 heterocycles. The Hall–Kier alpha value is -1.21. The van der Waals surface area contributed by atoms with Gasteiger partial charge >= 0.3 is 0 Å². The normalized spacial score (nSPS) is 32.5. The van der Waals surface area contributed by atoms with Crippen molar-refractivity contribution in [2.45, 2.75) is 291 Å². The Bertz CT molecular complexity index is 1300. The van der Waals surface area contributed by atoms with Gasteiger partial charge in [0.1, 0.15) is 73.2 Å². The predicted octanol–water partition coefficient (Wildman–Crippen LogP) is 2.87. The van der Waals surface area contributed by atoms with Gasteiger partial charge in [0.25, 0.3) is 0 Å². The molecule has 0 bridgehead atoms. The highest BCUT2D eigenvalue weighted by atomic mass is 16.8. The van der Waals surface area contributed by atoms with E-state index in [1.165, 1.54) is 109 Å². The zero-order valence-corrected chi connectivity index (χ0v) is 42.5. The average Bonchev–Trinajstić information content (AvgIpc) is 3.35. The highest BCUT2D eigenvalue weighted by Gasteiger charge is 2.53. The SMILES string of the molecule is CCCCCCCCCCCCCCCCCCCCCCCC(=O)NC(COC1OC(CO)C(OC2OC(CO)C(OC3OC(CO)C(O)C(O)C3O)C(O)C2O)C(O)C1O)C(O)CCCCCC. The van der Waals surface area contributed by atoms with Crippen LogP contribution in [0.15, 0.2) is 0 Å². The summed E-state index contributed by atoms with van der Waals surface area (Å²) in [7, 11) is 0. The van der Waals surface area contributed by atoms with Crippen LogP contribution in [0, 0.1) is 0 Å². The maximum Gasteiger partial charge on any atom is 0.220 e. The molecule has 17 atom stereocenters. The van der Waals surface area contributed by atoms with Crippen LogP contribution in [0.1, 0.15) is 187 Å². The summed E-state index contributed by atoms with van der Waals surface area (Å²) in [6.07, 6.45) is 4.46. The Morgan fingerprint density at radius 2 is 0.814 bits per heavy atom. The molecule has 3 fully saturated rings. The molecule has 19 heteroatoms. The van der Waals surface area contributed by atoms with E-state index in [0.29, 0.717) is 12.8 Å². The van der Waals surface area contributed by atoms with E-state index in [9.17, 15) is 61.0 Å². The van der Waals surface area contributed by atoms with Gasteiger partial charge in [0.15, 0.2) is 18.9 Å². The van der Waals surface area contributed by atoms with Crippen LogP contribution in [0.4, 0.5) is 0 Å². The lowest BCUT2D eigenvalue weighted by atomic mass is 9.96. The lowest BCUT2D eigenvalue weighted by Gasteiger charge is -2.48. The summed E-state index contributed by atoms with van der Waals surface area (Å²) in [5.41, 5.74) is 0. The number of aliphatic hydroxyl groups is 11. The monoisotopic (exact) mass is 1010 g/mol. The van der Waals surface area contributed by atoms with E-state index in [1.807, 2.05) is 0 Å². The number of carbonyl (C=O) groups is 1. The van der Waals surface area contributed by atoms with Crippen LogP contribution in [-0.2, 0) is 33.2 Å². The number of hydrogen-bond acceptors (Lipinski definition) is 18. The van der Waals surface area contributed by atoms with Crippen molar-refractivity contribution in [1.29, 1.82) is 0 Å². The zero-order valence-electron chi connectivity index (χ0n) is 42.5. The Labute approximate surface area is 417 Å². The van der Waals surface area contributed by atoms with Crippen molar-refractivity contribution in [2.75, 3.05) is 26.4 Å². The van der Waals surface area contributed by atoms with Crippen molar-refractivity contribution in [1.82, 2.24) is 5.32 Å². The second-order valence-corrected chi connectivity index (χ2v) is 20.1. The fourth-order valence-electron chi connectivity index (χ4n) is 9.61. The minimum Gasteiger partial charge on any atom is -0.394 e. The van der Waals surface area contributed by atoms with Crippen LogP contribution >= 0.6 is 0 Å². The topological polar surface area (TPSA) is 307 Å². The molecule has 0 aromatic rings. The van der Waals surface area contributed by atoms with Crippen molar-refractivity contribution in [3.05, 3.63) is 0 Å². The quantitative estimate of drug-likeness (QED) is 0.0394. The van der Waals surface area contributed by atoms with E-state index >= 15 is 0 Å². The van der Waals surface area contributed by atoms with Crippen LogP contribution in [0.25, 0.3) is 0 Å². The molecule has 19 nitrogen and oxygen atoms in total. The van der Waals surface area contributed by atoms with E-state index in [-0.39, 0.29) is 18.9 Å². The molecular formula is C51H97NO18. The first-order valence-electron chi connectivity index (χ1n) is 27.3. The highest BCUT2D eigenvalue weighted by Crippen LogP contribution is 2.33. The van der Waals surface area contributed by atoms with Crippen molar-refractivity contribution in [2.24, 2.45) is 0 Å². The van der Waals surface area contributed by atoms with Gasteiger partial charge in [0.2, 0.25) is 5.91 Å². The summed E-state index contributed by atoms with van der Waals surface area (Å²) in [4.78, 5) is 13.1. The second kappa shape index (κ2) is 36.7. The van der Waals surface area contributed by atoms with Gasteiger partial charge in [-0.1, -0.05) is 168 Å². The van der Waals surface area contributed by atoms with E-state index in [2.05, 4.69) is 19.2 Å². The second-order valence-electron chi connectivity index (χ2n) is 20.1. The minimum absolute atomic E-state index is 0.249. The third kappa shape index (κ3) is 21.9. The Morgan fingerprint density at radius 1 is 0.457 bits per heavy atom. The first kappa shape index (κ1) is 63.1. The molecule has 3 aliphatic heterocycles. The third-order valence-electron chi connectivity index (χ3n) is 14.2. The molecule has 414 valence electrons. The Balaban J connectivity index is 1.40. The van der Waals surface area contributed by atoms with Crippen molar-refractivity contribution >= 4 is 5.91 Å². The Morgan fingerprint density at radius 3 is 1.24 bits per heavy atom.